The monoisotopic (exact) mass is 387 g/mol. The maximum atomic E-state index is 12.6. The zero-order valence-electron chi connectivity index (χ0n) is 15.9. The topological polar surface area (TPSA) is 62.3 Å². The number of hydrogen-bond acceptors (Lipinski definition) is 3. The number of carbonyl (C=O) groups excluding carboxylic acids is 2. The van der Waals surface area contributed by atoms with Crippen LogP contribution >= 0.6 is 11.6 Å². The van der Waals surface area contributed by atoms with Crippen molar-refractivity contribution >= 4 is 23.4 Å². The van der Waals surface area contributed by atoms with Gasteiger partial charge in [-0.1, -0.05) is 43.6 Å². The highest BCUT2D eigenvalue weighted by Gasteiger charge is 2.17. The quantitative estimate of drug-likeness (QED) is 0.708. The summed E-state index contributed by atoms with van der Waals surface area (Å²) >= 11 is 5.97. The van der Waals surface area contributed by atoms with Gasteiger partial charge in [-0.2, -0.15) is 0 Å². The number of amides is 2. The minimum absolute atomic E-state index is 0.132. The van der Waals surface area contributed by atoms with Crippen LogP contribution in [0.5, 0.6) is 0 Å². The van der Waals surface area contributed by atoms with Gasteiger partial charge in [0.15, 0.2) is 0 Å². The standard InChI is InChI=1S/C21H26ClN3O2/c1-3-13-25(14-4-2)21(27)19-10-6-9-18(24-19)20(26)23-12-11-16-7-5-8-17(22)15-16/h5-10,15H,3-4,11-14H2,1-2H3,(H,23,26). The summed E-state index contributed by atoms with van der Waals surface area (Å²) < 4.78 is 0. The molecule has 1 aromatic heterocycles. The van der Waals surface area contributed by atoms with Crippen molar-refractivity contribution in [3.63, 3.8) is 0 Å². The Kier molecular flexibility index (Phi) is 8.27. The van der Waals surface area contributed by atoms with Crippen LogP contribution in [0.3, 0.4) is 0 Å². The van der Waals surface area contributed by atoms with Crippen LogP contribution in [0.15, 0.2) is 42.5 Å². The Bertz CT molecular complexity index is 774. The fourth-order valence-electron chi connectivity index (χ4n) is 2.80. The normalized spacial score (nSPS) is 10.5. The Balaban J connectivity index is 1.98. The molecule has 0 spiro atoms. The van der Waals surface area contributed by atoms with Gasteiger partial charge in [-0.15, -0.1) is 0 Å². The van der Waals surface area contributed by atoms with Crippen LogP contribution in [0.4, 0.5) is 0 Å². The molecule has 0 saturated heterocycles. The third-order valence-corrected chi connectivity index (χ3v) is 4.30. The zero-order chi connectivity index (χ0) is 19.6. The number of pyridine rings is 1. The first-order valence-corrected chi connectivity index (χ1v) is 9.72. The van der Waals surface area contributed by atoms with Gasteiger partial charge in [0.2, 0.25) is 0 Å². The highest BCUT2D eigenvalue weighted by molar-refractivity contribution is 6.30. The lowest BCUT2D eigenvalue weighted by Gasteiger charge is -2.21. The Hall–Kier alpha value is -2.40. The minimum Gasteiger partial charge on any atom is -0.350 e. The number of nitrogens with zero attached hydrogens (tertiary/aromatic N) is 2. The fraction of sp³-hybridized carbons (Fsp3) is 0.381. The van der Waals surface area contributed by atoms with Gasteiger partial charge in [0.1, 0.15) is 11.4 Å². The summed E-state index contributed by atoms with van der Waals surface area (Å²) in [5, 5.41) is 3.52. The van der Waals surface area contributed by atoms with Gasteiger partial charge >= 0.3 is 0 Å². The van der Waals surface area contributed by atoms with Crippen molar-refractivity contribution in [2.45, 2.75) is 33.1 Å². The van der Waals surface area contributed by atoms with Crippen molar-refractivity contribution in [3.05, 3.63) is 64.4 Å². The second kappa shape index (κ2) is 10.7. The Morgan fingerprint density at radius 3 is 2.37 bits per heavy atom. The number of aromatic nitrogens is 1. The molecule has 1 heterocycles. The van der Waals surface area contributed by atoms with Gasteiger partial charge in [-0.3, -0.25) is 9.59 Å². The lowest BCUT2D eigenvalue weighted by molar-refractivity contribution is 0.0749. The van der Waals surface area contributed by atoms with Crippen molar-refractivity contribution in [3.8, 4) is 0 Å². The van der Waals surface area contributed by atoms with Crippen LogP contribution in [-0.2, 0) is 6.42 Å². The molecule has 0 unspecified atom stereocenters. The van der Waals surface area contributed by atoms with Crippen molar-refractivity contribution in [1.29, 1.82) is 0 Å². The summed E-state index contributed by atoms with van der Waals surface area (Å²) in [6, 6.07) is 12.5. The highest BCUT2D eigenvalue weighted by Crippen LogP contribution is 2.11. The molecule has 1 N–H and O–H groups in total. The summed E-state index contributed by atoms with van der Waals surface area (Å²) in [6.07, 6.45) is 2.44. The first kappa shape index (κ1) is 20.9. The van der Waals surface area contributed by atoms with Crippen molar-refractivity contribution in [2.75, 3.05) is 19.6 Å². The molecule has 0 aliphatic heterocycles. The van der Waals surface area contributed by atoms with Crippen LogP contribution in [0.1, 0.15) is 53.2 Å². The SMILES string of the molecule is CCCN(CCC)C(=O)c1cccc(C(=O)NCCc2cccc(Cl)c2)n1. The van der Waals surface area contributed by atoms with Gasteiger partial charge < -0.3 is 10.2 Å². The molecular weight excluding hydrogens is 362 g/mol. The number of rotatable bonds is 9. The van der Waals surface area contributed by atoms with Crippen LogP contribution in [-0.4, -0.2) is 41.3 Å². The lowest BCUT2D eigenvalue weighted by atomic mass is 10.1. The van der Waals surface area contributed by atoms with E-state index in [1.54, 1.807) is 23.1 Å². The molecule has 2 rings (SSSR count). The average Bonchev–Trinajstić information content (AvgIpc) is 2.67. The smallest absolute Gasteiger partial charge is 0.272 e. The number of nitrogens with one attached hydrogen (secondary N) is 1. The van der Waals surface area contributed by atoms with Crippen molar-refractivity contribution in [1.82, 2.24) is 15.2 Å². The first-order chi connectivity index (χ1) is 13.0. The van der Waals surface area contributed by atoms with Gasteiger partial charge in [-0.25, -0.2) is 4.98 Å². The summed E-state index contributed by atoms with van der Waals surface area (Å²) in [7, 11) is 0. The van der Waals surface area contributed by atoms with E-state index in [1.807, 2.05) is 38.1 Å². The second-order valence-corrected chi connectivity index (χ2v) is 6.77. The molecule has 0 fully saturated rings. The zero-order valence-corrected chi connectivity index (χ0v) is 16.6. The van der Waals surface area contributed by atoms with E-state index in [1.165, 1.54) is 0 Å². The molecule has 1 aromatic carbocycles. The third-order valence-electron chi connectivity index (χ3n) is 4.06. The maximum absolute atomic E-state index is 12.6. The molecule has 5 nitrogen and oxygen atoms in total. The van der Waals surface area contributed by atoms with Crippen LogP contribution in [0.2, 0.25) is 5.02 Å². The van der Waals surface area contributed by atoms with Gasteiger partial charge in [0.25, 0.3) is 11.8 Å². The fourth-order valence-corrected chi connectivity index (χ4v) is 3.01. The van der Waals surface area contributed by atoms with E-state index in [-0.39, 0.29) is 17.5 Å². The summed E-state index contributed by atoms with van der Waals surface area (Å²) in [5.41, 5.74) is 1.61. The van der Waals surface area contributed by atoms with E-state index in [2.05, 4.69) is 10.3 Å². The molecular formula is C21H26ClN3O2. The molecule has 0 aliphatic rings. The average molecular weight is 388 g/mol. The van der Waals surface area contributed by atoms with Crippen LogP contribution in [0.25, 0.3) is 0 Å². The summed E-state index contributed by atoms with van der Waals surface area (Å²) in [6.45, 7) is 5.91. The molecule has 0 radical (unpaired) electrons. The molecule has 0 atom stereocenters. The van der Waals surface area contributed by atoms with E-state index in [4.69, 9.17) is 11.6 Å². The first-order valence-electron chi connectivity index (χ1n) is 9.34. The third kappa shape index (κ3) is 6.36. The predicted octanol–water partition coefficient (Wildman–Crippen LogP) is 3.97. The van der Waals surface area contributed by atoms with Gasteiger partial charge in [0.05, 0.1) is 0 Å². The van der Waals surface area contributed by atoms with Gasteiger partial charge in [-0.05, 0) is 49.1 Å². The van der Waals surface area contributed by atoms with E-state index >= 15 is 0 Å². The van der Waals surface area contributed by atoms with Crippen LogP contribution < -0.4 is 5.32 Å². The minimum atomic E-state index is -0.288. The molecule has 27 heavy (non-hydrogen) atoms. The molecule has 0 aliphatic carbocycles. The second-order valence-electron chi connectivity index (χ2n) is 6.34. The lowest BCUT2D eigenvalue weighted by Crippen LogP contribution is -2.34. The predicted molar refractivity (Wildman–Crippen MR) is 108 cm³/mol. The van der Waals surface area contributed by atoms with E-state index in [0.717, 1.165) is 18.4 Å². The summed E-state index contributed by atoms with van der Waals surface area (Å²) in [5.74, 6) is -0.420. The van der Waals surface area contributed by atoms with E-state index in [9.17, 15) is 9.59 Å². The Labute approximate surface area is 165 Å². The molecule has 144 valence electrons. The van der Waals surface area contributed by atoms with Gasteiger partial charge in [0, 0.05) is 24.7 Å². The molecule has 2 amide bonds. The molecule has 0 saturated carbocycles. The number of halogens is 1. The molecule has 2 aromatic rings. The number of hydrogen-bond donors (Lipinski definition) is 1. The number of benzene rings is 1. The molecule has 6 heteroatoms. The maximum Gasteiger partial charge on any atom is 0.272 e. The largest absolute Gasteiger partial charge is 0.350 e. The number of carbonyl (C=O) groups is 2. The summed E-state index contributed by atoms with van der Waals surface area (Å²) in [4.78, 5) is 31.1. The van der Waals surface area contributed by atoms with E-state index in [0.29, 0.717) is 36.8 Å². The van der Waals surface area contributed by atoms with Crippen molar-refractivity contribution in [2.24, 2.45) is 0 Å². The van der Waals surface area contributed by atoms with E-state index < -0.39 is 0 Å². The Morgan fingerprint density at radius 2 is 1.70 bits per heavy atom. The molecule has 0 bridgehead atoms. The van der Waals surface area contributed by atoms with Crippen molar-refractivity contribution < 1.29 is 9.59 Å². The Morgan fingerprint density at radius 1 is 1.04 bits per heavy atom. The van der Waals surface area contributed by atoms with Crippen LogP contribution in [0, 0.1) is 0 Å². The highest BCUT2D eigenvalue weighted by atomic mass is 35.5.